The number of hydrogen-bond donors (Lipinski definition) is 1. The maximum Gasteiger partial charge on any atom is 0.255 e. The van der Waals surface area contributed by atoms with E-state index >= 15 is 0 Å². The zero-order valence-electron chi connectivity index (χ0n) is 23.4. The minimum Gasteiger partial charge on any atom is -0.494 e. The van der Waals surface area contributed by atoms with E-state index in [1.165, 1.54) is 10.9 Å². The summed E-state index contributed by atoms with van der Waals surface area (Å²) >= 11 is 0. The molecule has 0 spiro atoms. The van der Waals surface area contributed by atoms with Crippen LogP contribution in [0, 0.1) is 0 Å². The first-order valence-electron chi connectivity index (χ1n) is 14.4. The zero-order chi connectivity index (χ0) is 28.2. The van der Waals surface area contributed by atoms with Crippen molar-refractivity contribution in [2.45, 2.75) is 38.8 Å². The van der Waals surface area contributed by atoms with Crippen LogP contribution >= 0.6 is 0 Å². The Balaban J connectivity index is 1.24. The summed E-state index contributed by atoms with van der Waals surface area (Å²) in [6.07, 6.45) is 4.61. The van der Waals surface area contributed by atoms with Gasteiger partial charge in [0, 0.05) is 41.8 Å². The maximum absolute atomic E-state index is 14.0. The van der Waals surface area contributed by atoms with E-state index in [-0.39, 0.29) is 24.4 Å². The van der Waals surface area contributed by atoms with Gasteiger partial charge in [-0.25, -0.2) is 0 Å². The number of amides is 2. The molecule has 6 rings (SSSR count). The van der Waals surface area contributed by atoms with Crippen LogP contribution in [-0.2, 0) is 17.8 Å². The molecule has 1 saturated carbocycles. The van der Waals surface area contributed by atoms with Crippen LogP contribution in [0.5, 0.6) is 5.75 Å². The predicted molar refractivity (Wildman–Crippen MR) is 163 cm³/mol. The summed E-state index contributed by atoms with van der Waals surface area (Å²) in [5, 5.41) is 3.12. The van der Waals surface area contributed by atoms with Gasteiger partial charge in [0.2, 0.25) is 5.91 Å². The second-order valence-corrected chi connectivity index (χ2v) is 10.7. The molecule has 0 saturated heterocycles. The highest BCUT2D eigenvalue weighted by molar-refractivity contribution is 6.08. The topological polar surface area (TPSA) is 65.6 Å². The number of carbonyl (C=O) groups excluding carboxylic acids is 2. The van der Waals surface area contributed by atoms with Gasteiger partial charge in [-0.3, -0.25) is 9.59 Å². The van der Waals surface area contributed by atoms with Crippen molar-refractivity contribution in [3.05, 3.63) is 114 Å². The van der Waals surface area contributed by atoms with Gasteiger partial charge in [0.25, 0.3) is 5.91 Å². The number of aromatic nitrogens is 1. The van der Waals surface area contributed by atoms with Gasteiger partial charge < -0.3 is 19.5 Å². The molecule has 1 N–H and O–H groups in total. The molecule has 0 bridgehead atoms. The molecule has 208 valence electrons. The Labute approximate surface area is 240 Å². The number of H-pyrrole nitrogens is 1. The first-order chi connectivity index (χ1) is 20.1. The fourth-order valence-electron chi connectivity index (χ4n) is 5.53. The number of benzene rings is 4. The van der Waals surface area contributed by atoms with E-state index in [0.29, 0.717) is 31.7 Å². The third kappa shape index (κ3) is 5.97. The first-order valence-corrected chi connectivity index (χ1v) is 14.4. The number of para-hydroxylation sites is 1. The molecule has 0 aliphatic heterocycles. The number of nitrogens with one attached hydrogen (secondary N) is 1. The molecule has 4 aromatic carbocycles. The third-order valence-corrected chi connectivity index (χ3v) is 7.86. The SMILES string of the molecule is CCOc1ccc(CN(CCc2c[nH]c3ccccc23)C(=O)CN(C(=O)c2cccc3ccccc23)C2CC2)cc1. The fourth-order valence-corrected chi connectivity index (χ4v) is 5.53. The van der Waals surface area contributed by atoms with Crippen molar-refractivity contribution in [1.82, 2.24) is 14.8 Å². The lowest BCUT2D eigenvalue weighted by Crippen LogP contribution is -2.44. The van der Waals surface area contributed by atoms with Crippen molar-refractivity contribution in [3.63, 3.8) is 0 Å². The van der Waals surface area contributed by atoms with E-state index in [2.05, 4.69) is 17.1 Å². The molecular formula is C35H35N3O3. The highest BCUT2D eigenvalue weighted by Crippen LogP contribution is 2.30. The monoisotopic (exact) mass is 545 g/mol. The van der Waals surface area contributed by atoms with Crippen molar-refractivity contribution < 1.29 is 14.3 Å². The molecule has 6 nitrogen and oxygen atoms in total. The van der Waals surface area contributed by atoms with Gasteiger partial charge in [-0.15, -0.1) is 0 Å². The Morgan fingerprint density at radius 1 is 0.878 bits per heavy atom. The number of aromatic amines is 1. The summed E-state index contributed by atoms with van der Waals surface area (Å²) in [6.45, 7) is 3.65. The van der Waals surface area contributed by atoms with E-state index in [1.807, 2.05) is 96.9 Å². The second kappa shape index (κ2) is 11.9. The largest absolute Gasteiger partial charge is 0.494 e. The van der Waals surface area contributed by atoms with Crippen LogP contribution in [0.3, 0.4) is 0 Å². The number of nitrogens with zero attached hydrogens (tertiary/aromatic N) is 2. The lowest BCUT2D eigenvalue weighted by Gasteiger charge is -2.28. The van der Waals surface area contributed by atoms with Gasteiger partial charge in [0.1, 0.15) is 12.3 Å². The minimum atomic E-state index is -0.0738. The summed E-state index contributed by atoms with van der Waals surface area (Å²) in [5.74, 6) is 0.697. The van der Waals surface area contributed by atoms with Crippen LogP contribution in [0.1, 0.15) is 41.3 Å². The lowest BCUT2D eigenvalue weighted by atomic mass is 10.0. The summed E-state index contributed by atoms with van der Waals surface area (Å²) in [5.41, 5.74) is 3.95. The van der Waals surface area contributed by atoms with E-state index in [4.69, 9.17) is 4.74 Å². The molecular weight excluding hydrogens is 510 g/mol. The molecule has 1 heterocycles. The fraction of sp³-hybridized carbons (Fsp3) is 0.257. The molecule has 1 fully saturated rings. The highest BCUT2D eigenvalue weighted by Gasteiger charge is 2.35. The van der Waals surface area contributed by atoms with Gasteiger partial charge in [0.05, 0.1) is 6.61 Å². The second-order valence-electron chi connectivity index (χ2n) is 10.7. The van der Waals surface area contributed by atoms with Crippen molar-refractivity contribution in [3.8, 4) is 5.75 Å². The van der Waals surface area contributed by atoms with E-state index < -0.39 is 0 Å². The lowest BCUT2D eigenvalue weighted by molar-refractivity contribution is -0.132. The zero-order valence-corrected chi connectivity index (χ0v) is 23.4. The summed E-state index contributed by atoms with van der Waals surface area (Å²) in [7, 11) is 0. The molecule has 0 atom stereocenters. The summed E-state index contributed by atoms with van der Waals surface area (Å²) in [4.78, 5) is 34.9. The predicted octanol–water partition coefficient (Wildman–Crippen LogP) is 6.60. The molecule has 1 aromatic heterocycles. The Hall–Kier alpha value is -4.58. The molecule has 1 aliphatic carbocycles. The average Bonchev–Trinajstić information content (AvgIpc) is 3.77. The first kappa shape index (κ1) is 26.6. The van der Waals surface area contributed by atoms with Crippen molar-refractivity contribution in [1.29, 1.82) is 0 Å². The van der Waals surface area contributed by atoms with Crippen molar-refractivity contribution in [2.24, 2.45) is 0 Å². The number of carbonyl (C=O) groups is 2. The summed E-state index contributed by atoms with van der Waals surface area (Å²) in [6, 6.07) is 30.0. The van der Waals surface area contributed by atoms with E-state index in [1.54, 1.807) is 4.90 Å². The van der Waals surface area contributed by atoms with Crippen LogP contribution in [-0.4, -0.2) is 52.3 Å². The van der Waals surface area contributed by atoms with Crippen LogP contribution in [0.25, 0.3) is 21.7 Å². The molecule has 6 heteroatoms. The maximum atomic E-state index is 14.0. The number of fused-ring (bicyclic) bond motifs is 2. The van der Waals surface area contributed by atoms with Gasteiger partial charge in [-0.2, -0.15) is 0 Å². The van der Waals surface area contributed by atoms with E-state index in [0.717, 1.165) is 40.4 Å². The van der Waals surface area contributed by atoms with Gasteiger partial charge >= 0.3 is 0 Å². The highest BCUT2D eigenvalue weighted by atomic mass is 16.5. The smallest absolute Gasteiger partial charge is 0.255 e. The quantitative estimate of drug-likeness (QED) is 0.204. The van der Waals surface area contributed by atoms with E-state index in [9.17, 15) is 9.59 Å². The molecule has 0 radical (unpaired) electrons. The van der Waals surface area contributed by atoms with Crippen LogP contribution < -0.4 is 4.74 Å². The third-order valence-electron chi connectivity index (χ3n) is 7.86. The molecule has 0 unspecified atom stereocenters. The van der Waals surface area contributed by atoms with Crippen LogP contribution in [0.4, 0.5) is 0 Å². The molecule has 41 heavy (non-hydrogen) atoms. The molecule has 5 aromatic rings. The van der Waals surface area contributed by atoms with Gasteiger partial charge in [-0.05, 0) is 72.4 Å². The van der Waals surface area contributed by atoms with Crippen LogP contribution in [0.2, 0.25) is 0 Å². The molecule has 2 amide bonds. The van der Waals surface area contributed by atoms with Gasteiger partial charge in [0.15, 0.2) is 0 Å². The Morgan fingerprint density at radius 2 is 1.61 bits per heavy atom. The van der Waals surface area contributed by atoms with Crippen molar-refractivity contribution in [2.75, 3.05) is 19.7 Å². The van der Waals surface area contributed by atoms with Crippen molar-refractivity contribution >= 4 is 33.5 Å². The van der Waals surface area contributed by atoms with Crippen LogP contribution in [0.15, 0.2) is 97.2 Å². The standard InChI is InChI=1S/C35H35N3O3/c1-2-41-29-18-14-25(15-19-29)23-37(21-20-27-22-36-33-13-6-5-11-31(27)33)34(39)24-38(28-16-17-28)35(40)32-12-7-9-26-8-3-4-10-30(26)32/h3-15,18-19,22,28,36H,2,16-17,20-21,23-24H2,1H3. The number of rotatable bonds is 11. The van der Waals surface area contributed by atoms with Gasteiger partial charge in [-0.1, -0.05) is 66.7 Å². The number of ether oxygens (including phenoxy) is 1. The Kier molecular flexibility index (Phi) is 7.72. The Bertz CT molecular complexity index is 1660. The average molecular weight is 546 g/mol. The number of hydrogen-bond acceptors (Lipinski definition) is 3. The molecule has 1 aliphatic rings. The minimum absolute atomic E-state index is 0.0424. The summed E-state index contributed by atoms with van der Waals surface area (Å²) < 4.78 is 5.61. The normalized spacial score (nSPS) is 12.9. The Morgan fingerprint density at radius 3 is 2.39 bits per heavy atom.